The average molecular weight is 199 g/mol. The highest BCUT2D eigenvalue weighted by Gasteiger charge is 2.17. The van der Waals surface area contributed by atoms with Gasteiger partial charge in [-0.25, -0.2) is 0 Å². The minimum Gasteiger partial charge on any atom is -0.381 e. The highest BCUT2D eigenvalue weighted by Crippen LogP contribution is 2.15. The van der Waals surface area contributed by atoms with Crippen LogP contribution in [0, 0.1) is 5.92 Å². The van der Waals surface area contributed by atoms with Gasteiger partial charge in [0.25, 0.3) is 0 Å². The number of carbonyl (C=O) groups excluding carboxylic acids is 1. The van der Waals surface area contributed by atoms with Gasteiger partial charge in [-0.15, -0.1) is 0 Å². The Balaban J connectivity index is 2.24. The first-order valence-corrected chi connectivity index (χ1v) is 5.55. The predicted molar refractivity (Wildman–Crippen MR) is 56.1 cm³/mol. The molecule has 1 aliphatic heterocycles. The van der Waals surface area contributed by atoms with Crippen molar-refractivity contribution in [2.45, 2.75) is 32.6 Å². The van der Waals surface area contributed by atoms with Gasteiger partial charge < -0.3 is 9.64 Å². The second-order valence-corrected chi connectivity index (χ2v) is 4.08. The number of ether oxygens (including phenoxy) is 1. The first kappa shape index (κ1) is 11.5. The van der Waals surface area contributed by atoms with Crippen LogP contribution in [0.25, 0.3) is 0 Å². The number of carbonyl (C=O) groups is 1. The monoisotopic (exact) mass is 199 g/mol. The summed E-state index contributed by atoms with van der Waals surface area (Å²) in [5.74, 6) is 0.925. The molecule has 1 aliphatic rings. The third kappa shape index (κ3) is 3.66. The second kappa shape index (κ2) is 6.02. The van der Waals surface area contributed by atoms with Crippen LogP contribution in [0.5, 0.6) is 0 Å². The van der Waals surface area contributed by atoms with Gasteiger partial charge in [-0.3, -0.25) is 4.79 Å². The lowest BCUT2D eigenvalue weighted by Gasteiger charge is -2.27. The Morgan fingerprint density at radius 1 is 1.43 bits per heavy atom. The molecule has 3 heteroatoms. The number of nitrogens with zero attached hydrogens (tertiary/aromatic N) is 1. The van der Waals surface area contributed by atoms with Crippen molar-refractivity contribution in [3.63, 3.8) is 0 Å². The fraction of sp³-hybridized carbons (Fsp3) is 0.909. The lowest BCUT2D eigenvalue weighted by molar-refractivity contribution is -0.130. The topological polar surface area (TPSA) is 29.5 Å². The summed E-state index contributed by atoms with van der Waals surface area (Å²) in [5.41, 5.74) is 0. The Morgan fingerprint density at radius 2 is 2.07 bits per heavy atom. The predicted octanol–water partition coefficient (Wildman–Crippen LogP) is 1.67. The fourth-order valence-corrected chi connectivity index (χ4v) is 1.82. The molecule has 82 valence electrons. The summed E-state index contributed by atoms with van der Waals surface area (Å²) in [6, 6.07) is 0. The molecule has 0 aliphatic carbocycles. The standard InChI is InChI=1S/C11H21NO2/c1-3-4-11(13)12(2)9-10-5-7-14-8-6-10/h10H,3-9H2,1-2H3. The van der Waals surface area contributed by atoms with E-state index in [1.165, 1.54) is 0 Å². The van der Waals surface area contributed by atoms with E-state index in [0.29, 0.717) is 12.3 Å². The molecule has 0 saturated carbocycles. The molecule has 0 spiro atoms. The van der Waals surface area contributed by atoms with Gasteiger partial charge in [0.2, 0.25) is 5.91 Å². The van der Waals surface area contributed by atoms with Crippen LogP contribution in [0.2, 0.25) is 0 Å². The zero-order valence-electron chi connectivity index (χ0n) is 9.29. The molecule has 1 rings (SSSR count). The molecule has 0 N–H and O–H groups in total. The van der Waals surface area contributed by atoms with E-state index < -0.39 is 0 Å². The van der Waals surface area contributed by atoms with Crippen molar-refractivity contribution in [3.8, 4) is 0 Å². The maximum atomic E-state index is 11.5. The minimum absolute atomic E-state index is 0.277. The van der Waals surface area contributed by atoms with Crippen molar-refractivity contribution >= 4 is 5.91 Å². The lowest BCUT2D eigenvalue weighted by Crippen LogP contribution is -2.33. The summed E-state index contributed by atoms with van der Waals surface area (Å²) >= 11 is 0. The SMILES string of the molecule is CCCC(=O)N(C)CC1CCOCC1. The smallest absolute Gasteiger partial charge is 0.222 e. The van der Waals surface area contributed by atoms with Crippen molar-refractivity contribution in [2.75, 3.05) is 26.8 Å². The van der Waals surface area contributed by atoms with Gasteiger partial charge in [-0.05, 0) is 25.2 Å². The molecular weight excluding hydrogens is 178 g/mol. The number of hydrogen-bond donors (Lipinski definition) is 0. The van der Waals surface area contributed by atoms with Gasteiger partial charge in [0.15, 0.2) is 0 Å². The van der Waals surface area contributed by atoms with Gasteiger partial charge in [-0.2, -0.15) is 0 Å². The zero-order chi connectivity index (χ0) is 10.4. The minimum atomic E-state index is 0.277. The van der Waals surface area contributed by atoms with E-state index >= 15 is 0 Å². The fourth-order valence-electron chi connectivity index (χ4n) is 1.82. The van der Waals surface area contributed by atoms with Gasteiger partial charge in [0.1, 0.15) is 0 Å². The molecule has 1 fully saturated rings. The zero-order valence-corrected chi connectivity index (χ0v) is 9.29. The quantitative estimate of drug-likeness (QED) is 0.689. The maximum Gasteiger partial charge on any atom is 0.222 e. The van der Waals surface area contributed by atoms with Gasteiger partial charge in [0, 0.05) is 33.2 Å². The van der Waals surface area contributed by atoms with Crippen molar-refractivity contribution in [3.05, 3.63) is 0 Å². The highest BCUT2D eigenvalue weighted by molar-refractivity contribution is 5.75. The second-order valence-electron chi connectivity index (χ2n) is 4.08. The molecule has 0 radical (unpaired) electrons. The van der Waals surface area contributed by atoms with Crippen molar-refractivity contribution in [1.29, 1.82) is 0 Å². The first-order valence-electron chi connectivity index (χ1n) is 5.55. The maximum absolute atomic E-state index is 11.5. The van der Waals surface area contributed by atoms with E-state index in [-0.39, 0.29) is 5.91 Å². The molecule has 1 saturated heterocycles. The Bertz CT molecular complexity index is 176. The van der Waals surface area contributed by atoms with E-state index in [1.54, 1.807) is 0 Å². The van der Waals surface area contributed by atoms with Crippen LogP contribution in [0.15, 0.2) is 0 Å². The van der Waals surface area contributed by atoms with Crippen LogP contribution in [0.4, 0.5) is 0 Å². The molecule has 0 aromatic rings. The summed E-state index contributed by atoms with van der Waals surface area (Å²) in [6.07, 6.45) is 3.82. The molecule has 1 amide bonds. The summed E-state index contributed by atoms with van der Waals surface area (Å²) in [4.78, 5) is 13.4. The van der Waals surface area contributed by atoms with E-state index in [4.69, 9.17) is 4.74 Å². The van der Waals surface area contributed by atoms with Crippen molar-refractivity contribution < 1.29 is 9.53 Å². The van der Waals surface area contributed by atoms with Crippen LogP contribution in [0.3, 0.4) is 0 Å². The number of hydrogen-bond acceptors (Lipinski definition) is 2. The van der Waals surface area contributed by atoms with Crippen LogP contribution < -0.4 is 0 Å². The van der Waals surface area contributed by atoms with E-state index in [0.717, 1.165) is 39.0 Å². The highest BCUT2D eigenvalue weighted by atomic mass is 16.5. The van der Waals surface area contributed by atoms with Gasteiger partial charge >= 0.3 is 0 Å². The van der Waals surface area contributed by atoms with E-state index in [9.17, 15) is 4.79 Å². The average Bonchev–Trinajstić information content (AvgIpc) is 2.19. The third-order valence-electron chi connectivity index (χ3n) is 2.76. The third-order valence-corrected chi connectivity index (χ3v) is 2.76. The molecule has 0 aromatic heterocycles. The normalized spacial score (nSPS) is 18.1. The summed E-state index contributed by atoms with van der Waals surface area (Å²) < 4.78 is 5.29. The van der Waals surface area contributed by atoms with Crippen LogP contribution >= 0.6 is 0 Å². The van der Waals surface area contributed by atoms with Gasteiger partial charge in [-0.1, -0.05) is 6.92 Å². The number of rotatable bonds is 4. The molecule has 0 unspecified atom stereocenters. The van der Waals surface area contributed by atoms with Crippen LogP contribution in [0.1, 0.15) is 32.6 Å². The molecule has 0 bridgehead atoms. The molecule has 0 aromatic carbocycles. The molecular formula is C11H21NO2. The van der Waals surface area contributed by atoms with Crippen LogP contribution in [-0.2, 0) is 9.53 Å². The van der Waals surface area contributed by atoms with E-state index in [1.807, 2.05) is 18.9 Å². The van der Waals surface area contributed by atoms with E-state index in [2.05, 4.69) is 0 Å². The Labute approximate surface area is 86.4 Å². The van der Waals surface area contributed by atoms with Gasteiger partial charge in [0.05, 0.1) is 0 Å². The van der Waals surface area contributed by atoms with Crippen molar-refractivity contribution in [1.82, 2.24) is 4.90 Å². The lowest BCUT2D eigenvalue weighted by atomic mass is 10.00. The largest absolute Gasteiger partial charge is 0.381 e. The molecule has 0 atom stereocenters. The Morgan fingerprint density at radius 3 is 2.64 bits per heavy atom. The summed E-state index contributed by atoms with van der Waals surface area (Å²) in [6.45, 7) is 4.67. The Kier molecular flexibility index (Phi) is 4.94. The first-order chi connectivity index (χ1) is 6.74. The summed E-state index contributed by atoms with van der Waals surface area (Å²) in [5, 5.41) is 0. The number of amides is 1. The Hall–Kier alpha value is -0.570. The molecule has 3 nitrogen and oxygen atoms in total. The molecule has 1 heterocycles. The molecule has 14 heavy (non-hydrogen) atoms. The summed E-state index contributed by atoms with van der Waals surface area (Å²) in [7, 11) is 1.91. The van der Waals surface area contributed by atoms with Crippen LogP contribution in [-0.4, -0.2) is 37.6 Å². The van der Waals surface area contributed by atoms with Crippen molar-refractivity contribution in [2.24, 2.45) is 5.92 Å².